The molecule has 1 amide bonds. The van der Waals surface area contributed by atoms with E-state index in [2.05, 4.69) is 32.2 Å². The zero-order valence-corrected chi connectivity index (χ0v) is 20.4. The number of nitrogens with one attached hydrogen (secondary N) is 1. The summed E-state index contributed by atoms with van der Waals surface area (Å²) in [5, 5.41) is 17.2. The molecule has 34 heavy (non-hydrogen) atoms. The molecule has 2 fully saturated rings. The van der Waals surface area contributed by atoms with Gasteiger partial charge >= 0.3 is 0 Å². The normalized spacial score (nSPS) is 20.1. The Morgan fingerprint density at radius 3 is 2.59 bits per heavy atom. The maximum atomic E-state index is 12.7. The molecule has 2 aliphatic heterocycles. The van der Waals surface area contributed by atoms with Crippen LogP contribution < -0.4 is 10.2 Å². The molecule has 9 heteroatoms. The minimum Gasteiger partial charge on any atom is -0.355 e. The monoisotopic (exact) mass is 481 g/mol. The molecular weight excluding hydrogens is 450 g/mol. The van der Waals surface area contributed by atoms with E-state index in [1.807, 2.05) is 36.4 Å². The molecule has 0 saturated carbocycles. The molecule has 5 rings (SSSR count). The van der Waals surface area contributed by atoms with E-state index in [4.69, 9.17) is 16.7 Å². The molecule has 2 saturated heterocycles. The molecule has 2 aromatic heterocycles. The van der Waals surface area contributed by atoms with E-state index in [1.54, 1.807) is 4.52 Å². The molecule has 1 N–H and O–H groups in total. The van der Waals surface area contributed by atoms with Gasteiger partial charge < -0.3 is 10.2 Å². The number of carbonyl (C=O) groups excluding carboxylic acids is 1. The van der Waals surface area contributed by atoms with E-state index < -0.39 is 0 Å². The standard InChI is InChI=1S/C25H32ClN7O/c1-18-4-2-3-14-31(18)17-13-27-25(34)20-11-15-32(16-12-20)23-10-9-22-28-29-24(33(22)30-23)19-5-7-21(26)8-6-19/h5-10,18,20H,2-4,11-17H2,1H3,(H,27,34)/t18-/m1/s1. The summed E-state index contributed by atoms with van der Waals surface area (Å²) in [7, 11) is 0. The summed E-state index contributed by atoms with van der Waals surface area (Å²) >= 11 is 6.03. The van der Waals surface area contributed by atoms with Crippen LogP contribution in [0.1, 0.15) is 39.0 Å². The number of amides is 1. The Morgan fingerprint density at radius 2 is 1.82 bits per heavy atom. The smallest absolute Gasteiger partial charge is 0.223 e. The number of nitrogens with zero attached hydrogens (tertiary/aromatic N) is 6. The van der Waals surface area contributed by atoms with Crippen LogP contribution in [0.15, 0.2) is 36.4 Å². The second-order valence-corrected chi connectivity index (χ2v) is 9.86. The lowest BCUT2D eigenvalue weighted by atomic mass is 9.96. The van der Waals surface area contributed by atoms with E-state index in [0.717, 1.165) is 56.9 Å². The van der Waals surface area contributed by atoms with Crippen LogP contribution in [0.5, 0.6) is 0 Å². The Kier molecular flexibility index (Phi) is 6.97. The Labute approximate surface area is 205 Å². The molecule has 0 aliphatic carbocycles. The number of piperidine rings is 2. The fourth-order valence-corrected chi connectivity index (χ4v) is 5.18. The third-order valence-electron chi connectivity index (χ3n) is 7.18. The highest BCUT2D eigenvalue weighted by atomic mass is 35.5. The van der Waals surface area contributed by atoms with Crippen molar-refractivity contribution in [3.8, 4) is 11.4 Å². The van der Waals surface area contributed by atoms with Crippen LogP contribution in [0.3, 0.4) is 0 Å². The number of aromatic nitrogens is 4. The van der Waals surface area contributed by atoms with Crippen molar-refractivity contribution in [1.29, 1.82) is 0 Å². The molecule has 8 nitrogen and oxygen atoms in total. The number of hydrogen-bond acceptors (Lipinski definition) is 6. The number of hydrogen-bond donors (Lipinski definition) is 1. The van der Waals surface area contributed by atoms with Gasteiger partial charge in [-0.2, -0.15) is 4.52 Å². The molecular formula is C25H32ClN7O. The summed E-state index contributed by atoms with van der Waals surface area (Å²) in [6.45, 7) is 6.74. The maximum absolute atomic E-state index is 12.7. The second-order valence-electron chi connectivity index (χ2n) is 9.43. The van der Waals surface area contributed by atoms with Gasteiger partial charge in [-0.3, -0.25) is 9.69 Å². The van der Waals surface area contributed by atoms with E-state index in [9.17, 15) is 4.79 Å². The highest BCUT2D eigenvalue weighted by Crippen LogP contribution is 2.25. The van der Waals surface area contributed by atoms with Gasteiger partial charge in [0.2, 0.25) is 5.91 Å². The van der Waals surface area contributed by atoms with Gasteiger partial charge in [0.15, 0.2) is 11.5 Å². The Balaban J connectivity index is 1.17. The lowest BCUT2D eigenvalue weighted by Crippen LogP contribution is -2.45. The molecule has 4 heterocycles. The van der Waals surface area contributed by atoms with Gasteiger partial charge in [-0.05, 0) is 75.5 Å². The summed E-state index contributed by atoms with van der Waals surface area (Å²) < 4.78 is 1.78. The van der Waals surface area contributed by atoms with Crippen molar-refractivity contribution < 1.29 is 4.79 Å². The highest BCUT2D eigenvalue weighted by molar-refractivity contribution is 6.30. The minimum atomic E-state index is 0.0679. The van der Waals surface area contributed by atoms with Gasteiger partial charge in [-0.1, -0.05) is 18.0 Å². The number of fused-ring (bicyclic) bond motifs is 1. The fourth-order valence-electron chi connectivity index (χ4n) is 5.05. The second kappa shape index (κ2) is 10.3. The van der Waals surface area contributed by atoms with Gasteiger partial charge in [0, 0.05) is 48.7 Å². The lowest BCUT2D eigenvalue weighted by Gasteiger charge is -2.34. The van der Waals surface area contributed by atoms with Crippen molar-refractivity contribution in [1.82, 2.24) is 30.0 Å². The van der Waals surface area contributed by atoms with Crippen LogP contribution in [-0.2, 0) is 4.79 Å². The zero-order chi connectivity index (χ0) is 23.5. The highest BCUT2D eigenvalue weighted by Gasteiger charge is 2.26. The van der Waals surface area contributed by atoms with Crippen LogP contribution in [0.2, 0.25) is 5.02 Å². The van der Waals surface area contributed by atoms with Crippen molar-refractivity contribution >= 4 is 29.0 Å². The molecule has 1 aromatic carbocycles. The Morgan fingerprint density at radius 1 is 1.03 bits per heavy atom. The first kappa shape index (κ1) is 23.1. The Hall–Kier alpha value is -2.71. The predicted octanol–water partition coefficient (Wildman–Crippen LogP) is 3.65. The SMILES string of the molecule is C[C@@H]1CCCCN1CCNC(=O)C1CCN(c2ccc3nnc(-c4ccc(Cl)cc4)n3n2)CC1. The Bertz CT molecular complexity index is 1120. The quantitative estimate of drug-likeness (QED) is 0.579. The van der Waals surface area contributed by atoms with Crippen molar-refractivity contribution in [2.45, 2.75) is 45.1 Å². The van der Waals surface area contributed by atoms with E-state index >= 15 is 0 Å². The van der Waals surface area contributed by atoms with Crippen molar-refractivity contribution in [3.05, 3.63) is 41.4 Å². The van der Waals surface area contributed by atoms with Gasteiger partial charge in [0.05, 0.1) is 0 Å². The summed E-state index contributed by atoms with van der Waals surface area (Å²) in [6, 6.07) is 12.1. The molecule has 0 unspecified atom stereocenters. The summed E-state index contributed by atoms with van der Waals surface area (Å²) in [5.74, 6) is 1.82. The maximum Gasteiger partial charge on any atom is 0.223 e. The molecule has 3 aromatic rings. The van der Waals surface area contributed by atoms with Gasteiger partial charge in [0.25, 0.3) is 0 Å². The molecule has 1 atom stereocenters. The van der Waals surface area contributed by atoms with Gasteiger partial charge in [0.1, 0.15) is 5.82 Å². The van der Waals surface area contributed by atoms with Gasteiger partial charge in [-0.15, -0.1) is 15.3 Å². The number of benzene rings is 1. The van der Waals surface area contributed by atoms with E-state index in [1.165, 1.54) is 19.3 Å². The average Bonchev–Trinajstić information content (AvgIpc) is 3.29. The number of likely N-dealkylation sites (tertiary alicyclic amines) is 1. The number of anilines is 1. The number of carbonyl (C=O) groups is 1. The molecule has 2 aliphatic rings. The molecule has 0 bridgehead atoms. The first-order valence-corrected chi connectivity index (χ1v) is 12.7. The van der Waals surface area contributed by atoms with Gasteiger partial charge in [-0.25, -0.2) is 0 Å². The van der Waals surface area contributed by atoms with Crippen LogP contribution in [0.25, 0.3) is 17.0 Å². The molecule has 0 radical (unpaired) electrons. The van der Waals surface area contributed by atoms with Crippen LogP contribution in [0.4, 0.5) is 5.82 Å². The lowest BCUT2D eigenvalue weighted by molar-refractivity contribution is -0.125. The summed E-state index contributed by atoms with van der Waals surface area (Å²) in [5.41, 5.74) is 1.61. The summed E-state index contributed by atoms with van der Waals surface area (Å²) in [6.07, 6.45) is 5.52. The summed E-state index contributed by atoms with van der Waals surface area (Å²) in [4.78, 5) is 17.5. The first-order valence-electron chi connectivity index (χ1n) is 12.3. The van der Waals surface area contributed by atoms with Crippen molar-refractivity contribution in [2.75, 3.05) is 37.6 Å². The topological polar surface area (TPSA) is 78.7 Å². The predicted molar refractivity (Wildman–Crippen MR) is 134 cm³/mol. The number of rotatable bonds is 6. The minimum absolute atomic E-state index is 0.0679. The average molecular weight is 482 g/mol. The van der Waals surface area contributed by atoms with Crippen LogP contribution >= 0.6 is 11.6 Å². The first-order chi connectivity index (χ1) is 16.6. The van der Waals surface area contributed by atoms with Crippen LogP contribution in [-0.4, -0.2) is 69.4 Å². The third-order valence-corrected chi connectivity index (χ3v) is 7.43. The largest absolute Gasteiger partial charge is 0.355 e. The van der Waals surface area contributed by atoms with Crippen molar-refractivity contribution in [3.63, 3.8) is 0 Å². The third kappa shape index (κ3) is 5.03. The van der Waals surface area contributed by atoms with Crippen LogP contribution in [0, 0.1) is 5.92 Å². The van der Waals surface area contributed by atoms with E-state index in [0.29, 0.717) is 22.5 Å². The molecule has 0 spiro atoms. The number of halogens is 1. The fraction of sp³-hybridized carbons (Fsp3) is 0.520. The van der Waals surface area contributed by atoms with E-state index in [-0.39, 0.29) is 11.8 Å². The van der Waals surface area contributed by atoms with Crippen molar-refractivity contribution in [2.24, 2.45) is 5.92 Å². The molecule has 180 valence electrons. The zero-order valence-electron chi connectivity index (χ0n) is 19.7.